The third kappa shape index (κ3) is 12.6. The molecule has 0 unspecified atom stereocenters. The van der Waals surface area contributed by atoms with Crippen LogP contribution in [0, 0.1) is 30.1 Å². The second kappa shape index (κ2) is 23.9. The maximum absolute atomic E-state index is 14.8. The minimum absolute atomic E-state index is 0.0291. The molecule has 1 fully saturated rings. The second-order valence-corrected chi connectivity index (χ2v) is 17.7. The minimum atomic E-state index is -1.23. The molecule has 2 heterocycles. The number of aromatic nitrogens is 2. The predicted octanol–water partition coefficient (Wildman–Crippen LogP) is 6.09. The van der Waals surface area contributed by atoms with E-state index in [-0.39, 0.29) is 88.5 Å². The first-order chi connectivity index (χ1) is 32.4. The zero-order chi connectivity index (χ0) is 48.0. The zero-order valence-corrected chi connectivity index (χ0v) is 38.9. The number of nitrogens with two attached hydrogens (primary N) is 3. The third-order valence-electron chi connectivity index (χ3n) is 12.8. The molecule has 1 aromatic heterocycles. The van der Waals surface area contributed by atoms with Gasteiger partial charge in [-0.25, -0.2) is 9.97 Å². The van der Waals surface area contributed by atoms with Crippen molar-refractivity contribution in [2.24, 2.45) is 29.0 Å². The predicted molar refractivity (Wildman–Crippen MR) is 255 cm³/mol. The van der Waals surface area contributed by atoms with Crippen molar-refractivity contribution >= 4 is 29.2 Å². The molecule has 0 saturated heterocycles. The van der Waals surface area contributed by atoms with Gasteiger partial charge < -0.3 is 36.9 Å². The average molecular weight is 913 g/mol. The van der Waals surface area contributed by atoms with Crippen molar-refractivity contribution in [3.8, 4) is 40.1 Å². The van der Waals surface area contributed by atoms with E-state index in [1.807, 2.05) is 24.3 Å². The largest absolute Gasteiger partial charge is 0.492 e. The summed E-state index contributed by atoms with van der Waals surface area (Å²) in [4.78, 5) is 81.5. The number of nitrogens with zero attached hydrogens (tertiary/aromatic N) is 4. The summed E-state index contributed by atoms with van der Waals surface area (Å²) in [5, 5.41) is 12.1. The van der Waals surface area contributed by atoms with Crippen LogP contribution < -0.4 is 32.0 Å². The van der Waals surface area contributed by atoms with Crippen LogP contribution >= 0.6 is 0 Å². The summed E-state index contributed by atoms with van der Waals surface area (Å²) < 4.78 is 12.3. The molecule has 6 rings (SSSR count). The lowest BCUT2D eigenvalue weighted by atomic mass is 9.84. The number of ketones is 3. The first-order valence-corrected chi connectivity index (χ1v) is 23.5. The maximum atomic E-state index is 14.8. The van der Waals surface area contributed by atoms with Crippen LogP contribution in [-0.2, 0) is 25.6 Å². The van der Waals surface area contributed by atoms with Crippen LogP contribution in [0.1, 0.15) is 116 Å². The van der Waals surface area contributed by atoms with Crippen LogP contribution in [0.25, 0.3) is 22.5 Å². The minimum Gasteiger partial charge on any atom is -0.492 e. The molecule has 15 heteroatoms. The highest BCUT2D eigenvalue weighted by Crippen LogP contribution is 2.41. The van der Waals surface area contributed by atoms with Crippen LogP contribution in [-0.4, -0.2) is 90.0 Å². The number of hydrogen-bond acceptors (Lipinski definition) is 13. The number of nitriles is 1. The van der Waals surface area contributed by atoms with E-state index in [1.54, 1.807) is 44.2 Å². The van der Waals surface area contributed by atoms with Gasteiger partial charge in [-0.05, 0) is 86.0 Å². The first kappa shape index (κ1) is 50.1. The summed E-state index contributed by atoms with van der Waals surface area (Å²) in [6.07, 6.45) is 7.31. The molecule has 1 aliphatic carbocycles. The van der Waals surface area contributed by atoms with Crippen molar-refractivity contribution in [2.45, 2.75) is 102 Å². The van der Waals surface area contributed by atoms with Gasteiger partial charge in [0.15, 0.2) is 23.2 Å². The Morgan fingerprint density at radius 2 is 1.54 bits per heavy atom. The number of benzene rings is 3. The highest BCUT2D eigenvalue weighted by atomic mass is 16.5. The number of Topliss-reactive ketones (excluding diaryl/α,β-unsaturated/α-hetero) is 3. The molecule has 1 aliphatic heterocycles. The van der Waals surface area contributed by atoms with Crippen molar-refractivity contribution in [2.75, 3.05) is 39.9 Å². The maximum Gasteiger partial charge on any atom is 0.226 e. The summed E-state index contributed by atoms with van der Waals surface area (Å²) in [5.41, 5.74) is 22.9. The monoisotopic (exact) mass is 912 g/mol. The lowest BCUT2D eigenvalue weighted by molar-refractivity contribution is -0.142. The number of fused-ring (bicyclic) bond motifs is 5. The molecule has 4 aromatic rings. The second-order valence-electron chi connectivity index (χ2n) is 17.7. The number of ether oxygens (including phenoxy) is 2. The Morgan fingerprint density at radius 3 is 2.18 bits per heavy atom. The van der Waals surface area contributed by atoms with Gasteiger partial charge >= 0.3 is 0 Å². The quantitative estimate of drug-likeness (QED) is 0.0827. The van der Waals surface area contributed by atoms with Crippen molar-refractivity contribution < 1.29 is 33.4 Å². The normalized spacial score (nSPS) is 18.2. The number of rotatable bonds is 18. The number of aryl methyl sites for hydroxylation is 1. The third-order valence-corrected chi connectivity index (χ3v) is 12.8. The molecule has 3 aromatic carbocycles. The molecule has 2 aliphatic rings. The molecule has 0 radical (unpaired) electrons. The SMILES string of the molecule is Cc1nc(-c2ccc(C3CCCCC3)cc2)ncc1C(=O)C[C@@H](CCN)C(=O)N(C)[C@@H]1C(=O)C[C@@H](C)C(=O)N[C@H](C(=O)CCC#N)Cc2ccc(OCCN)c(c2)-c2cc1ccc2OCCN. The van der Waals surface area contributed by atoms with E-state index in [4.69, 9.17) is 31.7 Å². The van der Waals surface area contributed by atoms with E-state index < -0.39 is 41.5 Å². The van der Waals surface area contributed by atoms with Crippen molar-refractivity contribution in [3.63, 3.8) is 0 Å². The fourth-order valence-electron chi connectivity index (χ4n) is 9.20. The molecule has 1 saturated carbocycles. The van der Waals surface area contributed by atoms with E-state index in [9.17, 15) is 29.2 Å². The zero-order valence-electron chi connectivity index (χ0n) is 38.9. The Bertz CT molecular complexity index is 2450. The molecule has 15 nitrogen and oxygen atoms in total. The molecule has 4 bridgehead atoms. The van der Waals surface area contributed by atoms with Gasteiger partial charge in [0, 0.05) is 80.5 Å². The molecule has 0 spiro atoms. The van der Waals surface area contributed by atoms with Gasteiger partial charge in [0.2, 0.25) is 11.8 Å². The number of carbonyl (C=O) groups excluding carboxylic acids is 5. The van der Waals surface area contributed by atoms with Crippen molar-refractivity contribution in [3.05, 3.63) is 94.8 Å². The number of likely N-dealkylation sites (N-methyl/N-ethyl adjacent to an activating group) is 1. The van der Waals surface area contributed by atoms with Crippen molar-refractivity contribution in [1.29, 1.82) is 5.26 Å². The van der Waals surface area contributed by atoms with Crippen LogP contribution in [0.5, 0.6) is 11.5 Å². The van der Waals surface area contributed by atoms with Crippen LogP contribution in [0.15, 0.2) is 66.9 Å². The van der Waals surface area contributed by atoms with Gasteiger partial charge in [-0.3, -0.25) is 24.0 Å². The molecular weight excluding hydrogens is 849 g/mol. The van der Waals surface area contributed by atoms with E-state index in [0.717, 1.165) is 5.56 Å². The molecule has 7 N–H and O–H groups in total. The lowest BCUT2D eigenvalue weighted by Crippen LogP contribution is -2.46. The molecule has 4 atom stereocenters. The summed E-state index contributed by atoms with van der Waals surface area (Å²) >= 11 is 0. The Morgan fingerprint density at radius 1 is 0.881 bits per heavy atom. The Kier molecular flexibility index (Phi) is 17.9. The fraction of sp³-hybridized carbons (Fsp3) is 0.462. The van der Waals surface area contributed by atoms with Gasteiger partial charge in [-0.15, -0.1) is 0 Å². The molecule has 67 heavy (non-hydrogen) atoms. The number of carbonyl (C=O) groups is 5. The highest BCUT2D eigenvalue weighted by Gasteiger charge is 2.36. The van der Waals surface area contributed by atoms with E-state index in [2.05, 4.69) is 22.4 Å². The van der Waals surface area contributed by atoms with E-state index in [0.29, 0.717) is 51.2 Å². The fourth-order valence-corrected chi connectivity index (χ4v) is 9.20. The van der Waals surface area contributed by atoms with Gasteiger partial charge in [-0.2, -0.15) is 5.26 Å². The summed E-state index contributed by atoms with van der Waals surface area (Å²) in [6.45, 7) is 4.20. The van der Waals surface area contributed by atoms with Crippen LogP contribution in [0.4, 0.5) is 0 Å². The summed E-state index contributed by atoms with van der Waals surface area (Å²) in [5.74, 6) is -2.07. The summed E-state index contributed by atoms with van der Waals surface area (Å²) in [7, 11) is 1.51. The Balaban J connectivity index is 1.34. The Hall–Kier alpha value is -6.34. The van der Waals surface area contributed by atoms with E-state index in [1.165, 1.54) is 55.8 Å². The van der Waals surface area contributed by atoms with E-state index >= 15 is 0 Å². The van der Waals surface area contributed by atoms with Gasteiger partial charge in [-0.1, -0.05) is 62.6 Å². The highest BCUT2D eigenvalue weighted by molar-refractivity contribution is 6.00. The lowest BCUT2D eigenvalue weighted by Gasteiger charge is -2.32. The first-order valence-electron chi connectivity index (χ1n) is 23.5. The summed E-state index contributed by atoms with van der Waals surface area (Å²) in [6, 6.07) is 18.6. The number of hydrogen-bond donors (Lipinski definition) is 4. The van der Waals surface area contributed by atoms with Gasteiger partial charge in [0.25, 0.3) is 0 Å². The molecule has 2 amide bonds. The standard InChI is InChI=1S/C52H64N8O7/c1-32-26-46(63)49(60(3)52(65)39(19-21-54)30-45(62)42-31-57-50(58-33(42)2)37-14-12-36(13-15-37)35-8-5-4-6-9-35)38-16-18-48(67-25-23-56)41(29-38)40-27-34(11-17-47(40)66-24-22-55)28-43(59-51(32)64)44(61)10-7-20-53/h11-18,27,29,31-32,35,39,43,49H,4-10,19,21-26,28,30,54-56H2,1-3H3,(H,59,64)/t32-,39-,43+,49+/m1/s1. The average Bonchev–Trinajstić information content (AvgIpc) is 3.34. The molecular formula is C52H64N8O7. The van der Waals surface area contributed by atoms with Crippen molar-refractivity contribution in [1.82, 2.24) is 20.2 Å². The van der Waals surface area contributed by atoms with Crippen LogP contribution in [0.2, 0.25) is 0 Å². The Labute approximate surface area is 393 Å². The molecule has 354 valence electrons. The van der Waals surface area contributed by atoms with Gasteiger partial charge in [0.05, 0.1) is 23.4 Å². The topological polar surface area (TPSA) is 247 Å². The smallest absolute Gasteiger partial charge is 0.226 e. The number of nitrogens with one attached hydrogen (secondary N) is 1. The van der Waals surface area contributed by atoms with Gasteiger partial charge in [0.1, 0.15) is 30.8 Å². The van der Waals surface area contributed by atoms with Crippen LogP contribution in [0.3, 0.4) is 0 Å². The number of amides is 2.